The fraction of sp³-hybridized carbons (Fsp3) is 0.421. The van der Waals surface area contributed by atoms with Crippen LogP contribution in [0.25, 0.3) is 0 Å². The predicted octanol–water partition coefficient (Wildman–Crippen LogP) is 3.56. The van der Waals surface area contributed by atoms with Crippen LogP contribution in [-0.2, 0) is 16.1 Å². The lowest BCUT2D eigenvalue weighted by atomic mass is 10.2. The summed E-state index contributed by atoms with van der Waals surface area (Å²) < 4.78 is 16.4. The molecule has 7 heteroatoms. The van der Waals surface area contributed by atoms with Crippen LogP contribution >= 0.6 is 11.6 Å². The zero-order valence-corrected chi connectivity index (χ0v) is 15.5. The van der Waals surface area contributed by atoms with Crippen molar-refractivity contribution >= 4 is 23.2 Å². The number of ether oxygens (including phenoxy) is 2. The van der Waals surface area contributed by atoms with Crippen LogP contribution < -0.4 is 10.1 Å². The molecule has 26 heavy (non-hydrogen) atoms. The highest BCUT2D eigenvalue weighted by Gasteiger charge is 2.22. The molecule has 1 aliphatic heterocycles. The Morgan fingerprint density at radius 1 is 1.42 bits per heavy atom. The highest BCUT2D eigenvalue weighted by Crippen LogP contribution is 2.27. The average molecular weight is 379 g/mol. The molecule has 0 spiro atoms. The summed E-state index contributed by atoms with van der Waals surface area (Å²) in [5.41, 5.74) is 0.556. The molecule has 0 saturated carbocycles. The number of nitrogens with zero attached hydrogens (tertiary/aromatic N) is 1. The molecule has 1 aromatic carbocycles. The number of furan rings is 1. The van der Waals surface area contributed by atoms with E-state index in [2.05, 4.69) is 5.32 Å². The zero-order chi connectivity index (χ0) is 18.4. The molecule has 1 fully saturated rings. The first-order chi connectivity index (χ1) is 12.6. The summed E-state index contributed by atoms with van der Waals surface area (Å²) in [4.78, 5) is 14.6. The first-order valence-electron chi connectivity index (χ1n) is 8.64. The Hall–Kier alpha value is -2.02. The Labute approximate surface area is 158 Å². The van der Waals surface area contributed by atoms with Gasteiger partial charge in [0.1, 0.15) is 11.5 Å². The van der Waals surface area contributed by atoms with Crippen molar-refractivity contribution in [1.82, 2.24) is 4.90 Å². The molecule has 1 saturated heterocycles. The van der Waals surface area contributed by atoms with E-state index in [9.17, 15) is 4.79 Å². The van der Waals surface area contributed by atoms with Crippen molar-refractivity contribution < 1.29 is 18.7 Å². The van der Waals surface area contributed by atoms with E-state index >= 15 is 0 Å². The molecule has 0 radical (unpaired) electrons. The smallest absolute Gasteiger partial charge is 0.238 e. The van der Waals surface area contributed by atoms with Crippen LogP contribution in [0.15, 0.2) is 41.0 Å². The summed E-state index contributed by atoms with van der Waals surface area (Å²) in [6.07, 6.45) is 3.86. The van der Waals surface area contributed by atoms with Gasteiger partial charge in [-0.25, -0.2) is 0 Å². The summed E-state index contributed by atoms with van der Waals surface area (Å²) in [6, 6.07) is 8.87. The fourth-order valence-corrected chi connectivity index (χ4v) is 3.23. The summed E-state index contributed by atoms with van der Waals surface area (Å²) >= 11 is 6.02. The third-order valence-corrected chi connectivity index (χ3v) is 4.48. The molecule has 6 nitrogen and oxygen atoms in total. The van der Waals surface area contributed by atoms with Gasteiger partial charge in [0.25, 0.3) is 0 Å². The zero-order valence-electron chi connectivity index (χ0n) is 14.7. The number of rotatable bonds is 8. The normalized spacial score (nSPS) is 16.8. The number of halogens is 1. The van der Waals surface area contributed by atoms with Gasteiger partial charge in [-0.2, -0.15) is 0 Å². The number of benzene rings is 1. The van der Waals surface area contributed by atoms with Crippen LogP contribution in [0.2, 0.25) is 5.02 Å². The molecule has 1 unspecified atom stereocenters. The minimum atomic E-state index is -0.143. The van der Waals surface area contributed by atoms with Crippen molar-refractivity contribution in [3.63, 3.8) is 0 Å². The number of methoxy groups -OCH3 is 1. The van der Waals surface area contributed by atoms with Gasteiger partial charge >= 0.3 is 0 Å². The van der Waals surface area contributed by atoms with Crippen molar-refractivity contribution in [3.05, 3.63) is 47.4 Å². The molecule has 0 aliphatic carbocycles. The number of nitrogens with one attached hydrogen (secondary N) is 1. The quantitative estimate of drug-likeness (QED) is 0.760. The molecule has 1 N–H and O–H groups in total. The topological polar surface area (TPSA) is 63.9 Å². The summed E-state index contributed by atoms with van der Waals surface area (Å²) in [7, 11) is 1.56. The molecule has 2 aromatic rings. The number of carbonyl (C=O) groups excluding carboxylic acids is 1. The first-order valence-corrected chi connectivity index (χ1v) is 9.01. The highest BCUT2D eigenvalue weighted by molar-refractivity contribution is 6.31. The maximum absolute atomic E-state index is 12.6. The molecule has 1 aromatic heterocycles. The van der Waals surface area contributed by atoms with Crippen molar-refractivity contribution in [3.8, 4) is 5.75 Å². The van der Waals surface area contributed by atoms with Gasteiger partial charge in [-0.05, 0) is 43.2 Å². The number of anilines is 1. The van der Waals surface area contributed by atoms with Crippen LogP contribution in [-0.4, -0.2) is 43.7 Å². The minimum Gasteiger partial charge on any atom is -0.495 e. The molecule has 1 atom stereocenters. The second-order valence-electron chi connectivity index (χ2n) is 6.28. The first kappa shape index (κ1) is 18.8. The van der Waals surface area contributed by atoms with Gasteiger partial charge < -0.3 is 19.2 Å². The molecule has 0 bridgehead atoms. The Morgan fingerprint density at radius 3 is 3.00 bits per heavy atom. The molecular formula is C19H23ClN2O4. The fourth-order valence-electron chi connectivity index (χ4n) is 3.05. The second-order valence-corrected chi connectivity index (χ2v) is 6.71. The molecule has 140 valence electrons. The molecule has 1 amide bonds. The van der Waals surface area contributed by atoms with Crippen LogP contribution in [0.3, 0.4) is 0 Å². The van der Waals surface area contributed by atoms with E-state index < -0.39 is 0 Å². The SMILES string of the molecule is COc1ccc(Cl)cc1NC(=O)CN(Cc1ccco1)CC1CCCO1. The average Bonchev–Trinajstić information content (AvgIpc) is 3.29. The van der Waals surface area contributed by atoms with E-state index in [4.69, 9.17) is 25.5 Å². The third kappa shape index (κ3) is 5.24. The Bertz CT molecular complexity index is 714. The van der Waals surface area contributed by atoms with Gasteiger partial charge in [0.2, 0.25) is 5.91 Å². The van der Waals surface area contributed by atoms with Gasteiger partial charge in [0.15, 0.2) is 0 Å². The maximum Gasteiger partial charge on any atom is 0.238 e. The second kappa shape index (κ2) is 9.07. The lowest BCUT2D eigenvalue weighted by Gasteiger charge is -2.24. The van der Waals surface area contributed by atoms with Crippen molar-refractivity contribution in [2.24, 2.45) is 0 Å². The van der Waals surface area contributed by atoms with Gasteiger partial charge in [-0.1, -0.05) is 11.6 Å². The van der Waals surface area contributed by atoms with Crippen LogP contribution in [0.1, 0.15) is 18.6 Å². The van der Waals surface area contributed by atoms with E-state index in [1.54, 1.807) is 31.6 Å². The molecule has 3 rings (SSSR count). The standard InChI is InChI=1S/C19H23ClN2O4/c1-24-18-7-6-14(20)10-17(18)21-19(23)13-22(11-15-4-2-8-25-15)12-16-5-3-9-26-16/h2,4,6-8,10,16H,3,5,9,11-13H2,1H3,(H,21,23). The highest BCUT2D eigenvalue weighted by atomic mass is 35.5. The van der Waals surface area contributed by atoms with Gasteiger partial charge in [-0.3, -0.25) is 9.69 Å². The number of hydrogen-bond acceptors (Lipinski definition) is 5. The lowest BCUT2D eigenvalue weighted by Crippen LogP contribution is -2.37. The summed E-state index contributed by atoms with van der Waals surface area (Å²) in [6.45, 7) is 2.23. The lowest BCUT2D eigenvalue weighted by molar-refractivity contribution is -0.117. The van der Waals surface area contributed by atoms with E-state index in [-0.39, 0.29) is 18.6 Å². The molecule has 2 heterocycles. The summed E-state index contributed by atoms with van der Waals surface area (Å²) in [5.74, 6) is 1.24. The summed E-state index contributed by atoms with van der Waals surface area (Å²) in [5, 5.41) is 3.41. The van der Waals surface area contributed by atoms with Gasteiger partial charge in [-0.15, -0.1) is 0 Å². The van der Waals surface area contributed by atoms with Crippen LogP contribution in [0.4, 0.5) is 5.69 Å². The maximum atomic E-state index is 12.6. The van der Waals surface area contributed by atoms with E-state index in [1.165, 1.54) is 0 Å². The Morgan fingerprint density at radius 2 is 2.31 bits per heavy atom. The third-order valence-electron chi connectivity index (χ3n) is 4.25. The monoisotopic (exact) mass is 378 g/mol. The van der Waals surface area contributed by atoms with Gasteiger partial charge in [0.05, 0.1) is 38.3 Å². The van der Waals surface area contributed by atoms with Crippen LogP contribution in [0.5, 0.6) is 5.75 Å². The van der Waals surface area contributed by atoms with Crippen molar-refractivity contribution in [2.75, 3.05) is 32.1 Å². The largest absolute Gasteiger partial charge is 0.495 e. The van der Waals surface area contributed by atoms with E-state index in [0.717, 1.165) is 25.2 Å². The Balaban J connectivity index is 1.65. The minimum absolute atomic E-state index is 0.143. The predicted molar refractivity (Wildman–Crippen MR) is 99.6 cm³/mol. The number of amides is 1. The van der Waals surface area contributed by atoms with E-state index in [1.807, 2.05) is 17.0 Å². The van der Waals surface area contributed by atoms with Crippen LogP contribution in [0, 0.1) is 0 Å². The molecule has 1 aliphatic rings. The molecular weight excluding hydrogens is 356 g/mol. The van der Waals surface area contributed by atoms with E-state index in [0.29, 0.717) is 29.5 Å². The number of carbonyl (C=O) groups is 1. The Kier molecular flexibility index (Phi) is 6.55. The van der Waals surface area contributed by atoms with Crippen molar-refractivity contribution in [1.29, 1.82) is 0 Å². The van der Waals surface area contributed by atoms with Crippen molar-refractivity contribution in [2.45, 2.75) is 25.5 Å². The number of hydrogen-bond donors (Lipinski definition) is 1. The van der Waals surface area contributed by atoms with Gasteiger partial charge in [0, 0.05) is 18.2 Å².